The average Bonchev–Trinajstić information content (AvgIpc) is 2.85. The van der Waals surface area contributed by atoms with Crippen molar-refractivity contribution in [2.24, 2.45) is 5.92 Å². The molecule has 0 unspecified atom stereocenters. The maximum Gasteiger partial charge on any atom is 0.267 e. The van der Waals surface area contributed by atoms with Gasteiger partial charge in [0.15, 0.2) is 0 Å². The number of aromatic amines is 2. The van der Waals surface area contributed by atoms with Crippen LogP contribution in [0, 0.1) is 5.92 Å². The molecule has 3 atom stereocenters. The van der Waals surface area contributed by atoms with Crippen LogP contribution in [-0.4, -0.2) is 33.9 Å². The Hall–Kier alpha value is -1.86. The summed E-state index contributed by atoms with van der Waals surface area (Å²) in [6.45, 7) is 1.63. The minimum absolute atomic E-state index is 0.214. The fourth-order valence-electron chi connectivity index (χ4n) is 3.48. The van der Waals surface area contributed by atoms with E-state index in [1.165, 1.54) is 7.05 Å². The molecule has 0 aliphatic heterocycles. The molecule has 1 heterocycles. The van der Waals surface area contributed by atoms with Gasteiger partial charge in [0, 0.05) is 35.1 Å². The summed E-state index contributed by atoms with van der Waals surface area (Å²) in [4.78, 5) is 24.7. The number of hydrogen-bond acceptors (Lipinski definition) is 3. The van der Waals surface area contributed by atoms with Gasteiger partial charge in [0.05, 0.1) is 11.5 Å². The van der Waals surface area contributed by atoms with E-state index in [-0.39, 0.29) is 17.9 Å². The maximum atomic E-state index is 12.5. The smallest absolute Gasteiger partial charge is 0.267 e. The van der Waals surface area contributed by atoms with Crippen LogP contribution in [0.1, 0.15) is 29.7 Å². The lowest BCUT2D eigenvalue weighted by molar-refractivity contribution is -0.134. The minimum Gasteiger partial charge on any atom is -0.389 e. The standard InChI is InChI=1S/C16H18BrN3O3/c1-16(23)7-10-12(14(21)20-19-10)11(13(16)15(22)18-2)8-3-5-9(17)6-4-8/h3-6,11,13,23H,7H2,1-2H3,(H,18,22)(H2,19,20,21)/t11-,13-,16+/m0/s1. The molecular formula is C16H18BrN3O3. The second kappa shape index (κ2) is 5.65. The van der Waals surface area contributed by atoms with Gasteiger partial charge in [0.1, 0.15) is 0 Å². The van der Waals surface area contributed by atoms with Crippen molar-refractivity contribution in [1.82, 2.24) is 15.5 Å². The SMILES string of the molecule is CNC(=O)[C@@H]1[C@@H](c2ccc(Br)cc2)c2c([nH][nH]c2=O)C[C@@]1(C)O. The van der Waals surface area contributed by atoms with Gasteiger partial charge in [0.25, 0.3) is 5.56 Å². The number of rotatable bonds is 2. The van der Waals surface area contributed by atoms with Gasteiger partial charge in [0.2, 0.25) is 5.91 Å². The minimum atomic E-state index is -1.27. The Kier molecular flexibility index (Phi) is 3.93. The normalized spacial score (nSPS) is 26.6. The summed E-state index contributed by atoms with van der Waals surface area (Å²) in [6.07, 6.45) is 0.214. The first-order chi connectivity index (χ1) is 10.8. The van der Waals surface area contributed by atoms with Crippen LogP contribution in [0.2, 0.25) is 0 Å². The third-order valence-corrected chi connectivity index (χ3v) is 5.03. The van der Waals surface area contributed by atoms with Gasteiger partial charge in [-0.3, -0.25) is 14.7 Å². The first-order valence-corrected chi connectivity index (χ1v) is 8.13. The number of aliphatic hydroxyl groups is 1. The van der Waals surface area contributed by atoms with E-state index in [0.29, 0.717) is 11.3 Å². The molecule has 1 aliphatic rings. The molecule has 2 aromatic rings. The number of amides is 1. The van der Waals surface area contributed by atoms with Crippen molar-refractivity contribution in [3.05, 3.63) is 55.9 Å². The van der Waals surface area contributed by atoms with Crippen LogP contribution in [0.5, 0.6) is 0 Å². The first-order valence-electron chi connectivity index (χ1n) is 7.34. The van der Waals surface area contributed by atoms with Crippen molar-refractivity contribution < 1.29 is 9.90 Å². The molecule has 1 aromatic heterocycles. The highest BCUT2D eigenvalue weighted by Gasteiger charge is 2.49. The van der Waals surface area contributed by atoms with Gasteiger partial charge in [-0.1, -0.05) is 28.1 Å². The zero-order valence-corrected chi connectivity index (χ0v) is 14.4. The van der Waals surface area contributed by atoms with Crippen LogP contribution in [0.15, 0.2) is 33.5 Å². The van der Waals surface area contributed by atoms with E-state index in [4.69, 9.17) is 0 Å². The summed E-state index contributed by atoms with van der Waals surface area (Å²) in [5.74, 6) is -1.55. The van der Waals surface area contributed by atoms with Gasteiger partial charge in [-0.15, -0.1) is 0 Å². The number of carbonyl (C=O) groups is 1. The van der Waals surface area contributed by atoms with Crippen molar-refractivity contribution in [3.63, 3.8) is 0 Å². The molecule has 0 fully saturated rings. The summed E-state index contributed by atoms with van der Waals surface area (Å²) in [6, 6.07) is 7.45. The number of H-pyrrole nitrogens is 2. The summed E-state index contributed by atoms with van der Waals surface area (Å²) >= 11 is 3.39. The number of aromatic nitrogens is 2. The molecular weight excluding hydrogens is 362 g/mol. The zero-order valence-electron chi connectivity index (χ0n) is 12.8. The number of fused-ring (bicyclic) bond motifs is 1. The molecule has 6 nitrogen and oxygen atoms in total. The number of nitrogens with one attached hydrogen (secondary N) is 3. The van der Waals surface area contributed by atoms with Crippen LogP contribution in [0.25, 0.3) is 0 Å². The Labute approximate surface area is 141 Å². The van der Waals surface area contributed by atoms with Gasteiger partial charge < -0.3 is 15.5 Å². The van der Waals surface area contributed by atoms with E-state index < -0.39 is 17.4 Å². The van der Waals surface area contributed by atoms with E-state index >= 15 is 0 Å². The summed E-state index contributed by atoms with van der Waals surface area (Å²) in [5.41, 5.74) is 0.460. The van der Waals surface area contributed by atoms with Crippen LogP contribution in [0.3, 0.4) is 0 Å². The average molecular weight is 380 g/mol. The number of halogens is 1. The second-order valence-corrected chi connectivity index (χ2v) is 7.04. The Bertz CT molecular complexity index is 792. The Morgan fingerprint density at radius 3 is 2.61 bits per heavy atom. The predicted molar refractivity (Wildman–Crippen MR) is 89.3 cm³/mol. The van der Waals surface area contributed by atoms with Crippen LogP contribution in [-0.2, 0) is 11.2 Å². The number of benzene rings is 1. The number of hydrogen-bond donors (Lipinski definition) is 4. The van der Waals surface area contributed by atoms with Gasteiger partial charge in [-0.2, -0.15) is 0 Å². The van der Waals surface area contributed by atoms with Crippen molar-refractivity contribution >= 4 is 21.8 Å². The van der Waals surface area contributed by atoms with E-state index in [2.05, 4.69) is 31.4 Å². The second-order valence-electron chi connectivity index (χ2n) is 6.13. The van der Waals surface area contributed by atoms with Crippen molar-refractivity contribution in [2.45, 2.75) is 24.9 Å². The summed E-state index contributed by atoms with van der Waals surface area (Å²) in [7, 11) is 1.54. The molecule has 0 saturated heterocycles. The highest BCUT2D eigenvalue weighted by Crippen LogP contribution is 2.44. The van der Waals surface area contributed by atoms with Crippen molar-refractivity contribution in [3.8, 4) is 0 Å². The Morgan fingerprint density at radius 2 is 2.00 bits per heavy atom. The zero-order chi connectivity index (χ0) is 16.8. The molecule has 0 radical (unpaired) electrons. The van der Waals surface area contributed by atoms with Crippen LogP contribution >= 0.6 is 15.9 Å². The van der Waals surface area contributed by atoms with Crippen molar-refractivity contribution in [2.75, 3.05) is 7.05 Å². The number of carbonyl (C=O) groups excluding carboxylic acids is 1. The topological polar surface area (TPSA) is 98.0 Å². The predicted octanol–water partition coefficient (Wildman–Crippen LogP) is 1.27. The molecule has 122 valence electrons. The molecule has 0 spiro atoms. The first kappa shape index (κ1) is 16.0. The summed E-state index contributed by atoms with van der Waals surface area (Å²) < 4.78 is 0.906. The Balaban J connectivity index is 2.24. The molecule has 4 N–H and O–H groups in total. The van der Waals surface area contributed by atoms with E-state index in [9.17, 15) is 14.7 Å². The highest BCUT2D eigenvalue weighted by molar-refractivity contribution is 9.10. The summed E-state index contributed by atoms with van der Waals surface area (Å²) in [5, 5.41) is 18.9. The van der Waals surface area contributed by atoms with E-state index in [0.717, 1.165) is 10.0 Å². The maximum absolute atomic E-state index is 12.5. The molecule has 23 heavy (non-hydrogen) atoms. The third kappa shape index (κ3) is 2.64. The molecule has 1 aromatic carbocycles. The van der Waals surface area contributed by atoms with Crippen LogP contribution < -0.4 is 10.9 Å². The molecule has 0 saturated carbocycles. The molecule has 7 heteroatoms. The third-order valence-electron chi connectivity index (χ3n) is 4.50. The fourth-order valence-corrected chi connectivity index (χ4v) is 3.75. The lowest BCUT2D eigenvalue weighted by atomic mass is 9.66. The monoisotopic (exact) mass is 379 g/mol. The quantitative estimate of drug-likeness (QED) is 0.632. The van der Waals surface area contributed by atoms with Gasteiger partial charge in [-0.05, 0) is 24.6 Å². The lowest BCUT2D eigenvalue weighted by Crippen LogP contribution is -2.52. The highest BCUT2D eigenvalue weighted by atomic mass is 79.9. The fraction of sp³-hybridized carbons (Fsp3) is 0.375. The van der Waals surface area contributed by atoms with E-state index in [1.807, 2.05) is 24.3 Å². The molecule has 0 bridgehead atoms. The van der Waals surface area contributed by atoms with Gasteiger partial charge in [-0.25, -0.2) is 0 Å². The van der Waals surface area contributed by atoms with Gasteiger partial charge >= 0.3 is 0 Å². The van der Waals surface area contributed by atoms with Crippen molar-refractivity contribution in [1.29, 1.82) is 0 Å². The Morgan fingerprint density at radius 1 is 1.35 bits per heavy atom. The lowest BCUT2D eigenvalue weighted by Gasteiger charge is -2.40. The largest absolute Gasteiger partial charge is 0.389 e. The molecule has 1 aliphatic carbocycles. The van der Waals surface area contributed by atoms with Crippen LogP contribution in [0.4, 0.5) is 0 Å². The molecule has 1 amide bonds. The molecule has 3 rings (SSSR count). The van der Waals surface area contributed by atoms with E-state index in [1.54, 1.807) is 6.92 Å².